The van der Waals surface area contributed by atoms with E-state index in [0.717, 1.165) is 11.4 Å². The molecule has 0 spiro atoms. The Kier molecular flexibility index (Phi) is 3.60. The van der Waals surface area contributed by atoms with Gasteiger partial charge >= 0.3 is 0 Å². The van der Waals surface area contributed by atoms with Gasteiger partial charge in [0.2, 0.25) is 5.69 Å². The van der Waals surface area contributed by atoms with E-state index in [1.165, 1.54) is 11.3 Å². The van der Waals surface area contributed by atoms with E-state index in [0.29, 0.717) is 19.6 Å². The van der Waals surface area contributed by atoms with Gasteiger partial charge in [0.25, 0.3) is 6.47 Å². The molecular formula is C15H20NO3+. The molecule has 0 radical (unpaired) electrons. The van der Waals surface area contributed by atoms with E-state index in [4.69, 9.17) is 9.47 Å². The summed E-state index contributed by atoms with van der Waals surface area (Å²) >= 11 is 0. The van der Waals surface area contributed by atoms with Crippen LogP contribution in [0.3, 0.4) is 0 Å². The topological polar surface area (TPSA) is 38.5 Å². The van der Waals surface area contributed by atoms with Gasteiger partial charge in [-0.05, 0) is 26.0 Å². The van der Waals surface area contributed by atoms with E-state index in [1.807, 2.05) is 6.07 Å². The summed E-state index contributed by atoms with van der Waals surface area (Å²) in [5.41, 5.74) is 3.63. The molecule has 4 heteroatoms. The summed E-state index contributed by atoms with van der Waals surface area (Å²) in [6.45, 7) is 8.07. The van der Waals surface area contributed by atoms with Crippen molar-refractivity contribution >= 4 is 17.9 Å². The lowest BCUT2D eigenvalue weighted by molar-refractivity contribution is -0.442. The minimum atomic E-state index is -0.0367. The molecule has 1 aromatic rings. The first-order chi connectivity index (χ1) is 9.02. The quantitative estimate of drug-likeness (QED) is 0.464. The van der Waals surface area contributed by atoms with Gasteiger partial charge in [0.1, 0.15) is 12.4 Å². The predicted molar refractivity (Wildman–Crippen MR) is 73.5 cm³/mol. The number of carbonyl (C=O) groups excluding carboxylic acids is 1. The molecule has 1 aromatic carbocycles. The molecule has 0 aliphatic carbocycles. The van der Waals surface area contributed by atoms with Crippen molar-refractivity contribution in [2.24, 2.45) is 0 Å². The van der Waals surface area contributed by atoms with Crippen molar-refractivity contribution in [3.8, 4) is 5.75 Å². The van der Waals surface area contributed by atoms with Gasteiger partial charge in [-0.25, -0.2) is 0 Å². The second-order valence-corrected chi connectivity index (χ2v) is 5.21. The average Bonchev–Trinajstić information content (AvgIpc) is 2.59. The van der Waals surface area contributed by atoms with Crippen molar-refractivity contribution in [2.75, 3.05) is 20.3 Å². The Morgan fingerprint density at radius 1 is 1.37 bits per heavy atom. The summed E-state index contributed by atoms with van der Waals surface area (Å²) in [6.07, 6.45) is 0. The van der Waals surface area contributed by atoms with Crippen LogP contribution in [-0.2, 0) is 14.9 Å². The van der Waals surface area contributed by atoms with Crippen molar-refractivity contribution < 1.29 is 18.8 Å². The number of rotatable bonds is 5. The monoisotopic (exact) mass is 262 g/mol. The van der Waals surface area contributed by atoms with Gasteiger partial charge in [0.15, 0.2) is 12.3 Å². The molecule has 0 bridgehead atoms. The number of carbonyl (C=O) groups is 1. The van der Waals surface area contributed by atoms with Crippen molar-refractivity contribution in [3.63, 3.8) is 0 Å². The van der Waals surface area contributed by atoms with E-state index >= 15 is 0 Å². The summed E-state index contributed by atoms with van der Waals surface area (Å²) in [5, 5.41) is 0. The molecule has 1 aliphatic rings. The Balaban J connectivity index is 2.40. The van der Waals surface area contributed by atoms with Crippen LogP contribution >= 0.6 is 0 Å². The Hall–Kier alpha value is -1.84. The predicted octanol–water partition coefficient (Wildman–Crippen LogP) is 2.26. The minimum Gasteiger partial charge on any atom is -0.497 e. The zero-order valence-electron chi connectivity index (χ0n) is 11.9. The summed E-state index contributed by atoms with van der Waals surface area (Å²) in [4.78, 5) is 10.3. The lowest BCUT2D eigenvalue weighted by Crippen LogP contribution is -2.27. The molecule has 19 heavy (non-hydrogen) atoms. The maximum absolute atomic E-state index is 10.3. The van der Waals surface area contributed by atoms with Crippen LogP contribution in [0.5, 0.6) is 5.75 Å². The third-order valence-corrected chi connectivity index (χ3v) is 3.98. The number of nitrogens with zero attached hydrogens (tertiary/aromatic N) is 1. The molecule has 102 valence electrons. The van der Waals surface area contributed by atoms with Gasteiger partial charge in [0, 0.05) is 18.6 Å². The summed E-state index contributed by atoms with van der Waals surface area (Å²) in [5.74, 6) is 0.866. The van der Waals surface area contributed by atoms with E-state index in [2.05, 4.69) is 37.5 Å². The molecule has 0 amide bonds. The molecule has 1 aliphatic heterocycles. The van der Waals surface area contributed by atoms with Crippen LogP contribution in [0, 0.1) is 0 Å². The summed E-state index contributed by atoms with van der Waals surface area (Å²) in [7, 11) is 1.68. The molecule has 0 fully saturated rings. The van der Waals surface area contributed by atoms with Gasteiger partial charge in [-0.2, -0.15) is 4.58 Å². The smallest absolute Gasteiger partial charge is 0.293 e. The lowest BCUT2D eigenvalue weighted by atomic mass is 9.82. The summed E-state index contributed by atoms with van der Waals surface area (Å²) < 4.78 is 12.3. The van der Waals surface area contributed by atoms with Crippen molar-refractivity contribution in [3.05, 3.63) is 23.8 Å². The second-order valence-electron chi connectivity index (χ2n) is 5.21. The molecule has 1 heterocycles. The Morgan fingerprint density at radius 3 is 2.74 bits per heavy atom. The van der Waals surface area contributed by atoms with E-state index in [9.17, 15) is 4.79 Å². The van der Waals surface area contributed by atoms with Crippen LogP contribution in [0.4, 0.5) is 5.69 Å². The first-order valence-corrected chi connectivity index (χ1v) is 6.37. The minimum absolute atomic E-state index is 0.0367. The fraction of sp³-hybridized carbons (Fsp3) is 0.467. The fourth-order valence-corrected chi connectivity index (χ4v) is 2.57. The zero-order valence-corrected chi connectivity index (χ0v) is 11.9. The Bertz CT molecular complexity index is 532. The molecule has 0 unspecified atom stereocenters. The molecule has 4 nitrogen and oxygen atoms in total. The maximum Gasteiger partial charge on any atom is 0.293 e. The van der Waals surface area contributed by atoms with Gasteiger partial charge in [0.05, 0.1) is 12.5 Å². The number of ether oxygens (including phenoxy) is 2. The Labute approximate surface area is 113 Å². The highest BCUT2D eigenvalue weighted by molar-refractivity contribution is 5.93. The third kappa shape index (κ3) is 2.23. The normalized spacial score (nSPS) is 16.2. The molecule has 0 aromatic heterocycles. The number of hydrogen-bond donors (Lipinski definition) is 0. The van der Waals surface area contributed by atoms with Gasteiger partial charge in [-0.3, -0.25) is 4.79 Å². The third-order valence-electron chi connectivity index (χ3n) is 3.98. The molecule has 0 saturated heterocycles. The highest BCUT2D eigenvalue weighted by Gasteiger charge is 2.43. The standard InChI is InChI=1S/C15H20NO3/c1-11-15(2,3)13-9-12(18-4)5-6-14(13)16(11)7-8-19-10-17/h5-6,9-10H,7-8H2,1-4H3/q+1. The maximum atomic E-state index is 10.3. The first kappa shape index (κ1) is 13.6. The van der Waals surface area contributed by atoms with Gasteiger partial charge in [-0.1, -0.05) is 0 Å². The van der Waals surface area contributed by atoms with E-state index < -0.39 is 0 Å². The van der Waals surface area contributed by atoms with Crippen LogP contribution < -0.4 is 4.74 Å². The molecule has 2 rings (SSSR count). The SMILES string of the molecule is COc1ccc2c(c1)C(C)(C)C(C)=[N+]2CCOC=O. The largest absolute Gasteiger partial charge is 0.497 e. The van der Waals surface area contributed by atoms with Crippen molar-refractivity contribution in [1.29, 1.82) is 0 Å². The van der Waals surface area contributed by atoms with Crippen molar-refractivity contribution in [2.45, 2.75) is 26.2 Å². The van der Waals surface area contributed by atoms with Crippen LogP contribution in [0.1, 0.15) is 26.3 Å². The zero-order chi connectivity index (χ0) is 14.0. The average molecular weight is 262 g/mol. The second kappa shape index (κ2) is 5.03. The first-order valence-electron chi connectivity index (χ1n) is 6.37. The van der Waals surface area contributed by atoms with Crippen molar-refractivity contribution in [1.82, 2.24) is 0 Å². The van der Waals surface area contributed by atoms with Gasteiger partial charge < -0.3 is 9.47 Å². The number of fused-ring (bicyclic) bond motifs is 1. The van der Waals surface area contributed by atoms with Crippen LogP contribution in [0.2, 0.25) is 0 Å². The molecular weight excluding hydrogens is 242 g/mol. The van der Waals surface area contributed by atoms with E-state index in [1.54, 1.807) is 7.11 Å². The Morgan fingerprint density at radius 2 is 2.11 bits per heavy atom. The molecule has 0 atom stereocenters. The molecule has 0 N–H and O–H groups in total. The van der Waals surface area contributed by atoms with Crippen LogP contribution in [0.15, 0.2) is 18.2 Å². The summed E-state index contributed by atoms with van der Waals surface area (Å²) in [6, 6.07) is 6.10. The number of benzene rings is 1. The van der Waals surface area contributed by atoms with Crippen LogP contribution in [-0.4, -0.2) is 37.0 Å². The molecule has 0 saturated carbocycles. The highest BCUT2D eigenvalue weighted by atomic mass is 16.5. The van der Waals surface area contributed by atoms with Gasteiger partial charge in [-0.15, -0.1) is 0 Å². The fourth-order valence-electron chi connectivity index (χ4n) is 2.57. The lowest BCUT2D eigenvalue weighted by Gasteiger charge is -2.15. The highest BCUT2D eigenvalue weighted by Crippen LogP contribution is 2.41. The number of hydrogen-bond acceptors (Lipinski definition) is 3. The van der Waals surface area contributed by atoms with Crippen LogP contribution in [0.25, 0.3) is 0 Å². The van der Waals surface area contributed by atoms with E-state index in [-0.39, 0.29) is 5.41 Å². The number of methoxy groups -OCH3 is 1.